The number of benzene rings is 1. The lowest BCUT2D eigenvalue weighted by molar-refractivity contribution is 0.146. The van der Waals surface area contributed by atoms with Crippen LogP contribution in [0.5, 0.6) is 5.75 Å². The maximum Gasteiger partial charge on any atom is 0.405 e. The number of hydrogen-bond acceptors (Lipinski definition) is 6. The quantitative estimate of drug-likeness (QED) is 0.354. The maximum atomic E-state index is 15.0. The lowest BCUT2D eigenvalue weighted by Crippen LogP contribution is -2.60. The summed E-state index contributed by atoms with van der Waals surface area (Å²) >= 11 is 10.9. The Hall–Kier alpha value is -1.52. The molecule has 1 aromatic carbocycles. The summed E-state index contributed by atoms with van der Waals surface area (Å²) in [4.78, 5) is 22.4. The van der Waals surface area contributed by atoms with Gasteiger partial charge in [0.2, 0.25) is 0 Å². The SMILES string of the molecule is CSc1nc2c3c(c(Cl)c(Br)c(F)c3n1)OCCCN2CC1(NC(=O)O)CCC1. The van der Waals surface area contributed by atoms with Crippen molar-refractivity contribution >= 4 is 62.1 Å². The topological polar surface area (TPSA) is 87.6 Å². The molecule has 1 saturated carbocycles. The number of hydrogen-bond donors (Lipinski definition) is 2. The first-order chi connectivity index (χ1) is 13.8. The van der Waals surface area contributed by atoms with E-state index in [9.17, 15) is 9.90 Å². The minimum Gasteiger partial charge on any atom is -0.491 e. The summed E-state index contributed by atoms with van der Waals surface area (Å²) in [5, 5.41) is 12.9. The van der Waals surface area contributed by atoms with E-state index in [1.54, 1.807) is 0 Å². The Kier molecular flexibility index (Phi) is 5.69. The average Bonchev–Trinajstić information content (AvgIpc) is 2.66. The number of thioether (sulfide) groups is 1. The minimum absolute atomic E-state index is 0.105. The number of aromatic nitrogens is 2. The van der Waals surface area contributed by atoms with E-state index < -0.39 is 17.4 Å². The minimum atomic E-state index is -1.05. The van der Waals surface area contributed by atoms with E-state index >= 15 is 4.39 Å². The highest BCUT2D eigenvalue weighted by Crippen LogP contribution is 2.46. The number of carboxylic acid groups (broad SMARTS) is 1. The normalized spacial score (nSPS) is 17.9. The molecule has 1 fully saturated rings. The van der Waals surface area contributed by atoms with Crippen LogP contribution in [-0.4, -0.2) is 52.7 Å². The largest absolute Gasteiger partial charge is 0.491 e. The number of amides is 1. The molecule has 0 radical (unpaired) electrons. The van der Waals surface area contributed by atoms with Crippen molar-refractivity contribution in [3.05, 3.63) is 15.3 Å². The molecule has 2 N–H and O–H groups in total. The number of anilines is 1. The zero-order valence-electron chi connectivity index (χ0n) is 15.6. The van der Waals surface area contributed by atoms with Gasteiger partial charge in [0.1, 0.15) is 16.4 Å². The lowest BCUT2D eigenvalue weighted by atomic mass is 9.76. The van der Waals surface area contributed by atoms with Gasteiger partial charge >= 0.3 is 6.09 Å². The molecule has 1 aliphatic carbocycles. The van der Waals surface area contributed by atoms with Gasteiger partial charge in [-0.3, -0.25) is 0 Å². The van der Waals surface area contributed by atoms with Gasteiger partial charge in [-0.1, -0.05) is 23.4 Å². The number of carbonyl (C=O) groups is 1. The third-order valence-corrected chi connectivity index (χ3v) is 7.25. The highest BCUT2D eigenvalue weighted by Gasteiger charge is 2.41. The molecule has 1 aliphatic heterocycles. The first kappa shape index (κ1) is 20.7. The van der Waals surface area contributed by atoms with Gasteiger partial charge in [0, 0.05) is 13.1 Å². The van der Waals surface area contributed by atoms with Crippen LogP contribution in [0.4, 0.5) is 15.0 Å². The van der Waals surface area contributed by atoms with E-state index in [-0.39, 0.29) is 15.0 Å². The van der Waals surface area contributed by atoms with E-state index in [0.29, 0.717) is 48.2 Å². The monoisotopic (exact) mass is 504 g/mol. The molecular weight excluding hydrogens is 487 g/mol. The highest BCUT2D eigenvalue weighted by molar-refractivity contribution is 9.10. The number of nitrogens with one attached hydrogen (secondary N) is 1. The van der Waals surface area contributed by atoms with Crippen molar-refractivity contribution < 1.29 is 19.0 Å². The summed E-state index contributed by atoms with van der Waals surface area (Å²) < 4.78 is 21.0. The third kappa shape index (κ3) is 3.70. The van der Waals surface area contributed by atoms with Crippen LogP contribution in [0, 0.1) is 5.82 Å². The highest BCUT2D eigenvalue weighted by atomic mass is 79.9. The molecule has 156 valence electrons. The Morgan fingerprint density at radius 2 is 2.21 bits per heavy atom. The zero-order chi connectivity index (χ0) is 20.8. The van der Waals surface area contributed by atoms with E-state index in [4.69, 9.17) is 16.3 Å². The molecule has 2 aromatic rings. The van der Waals surface area contributed by atoms with Gasteiger partial charge in [-0.25, -0.2) is 19.2 Å². The van der Waals surface area contributed by atoms with Crippen molar-refractivity contribution in [2.75, 3.05) is 30.9 Å². The fourth-order valence-corrected chi connectivity index (χ4v) is 4.83. The molecule has 4 rings (SSSR count). The summed E-state index contributed by atoms with van der Waals surface area (Å²) in [7, 11) is 0. The molecular formula is C18H19BrClFN4O3S. The van der Waals surface area contributed by atoms with Gasteiger partial charge in [0.15, 0.2) is 16.7 Å². The summed E-state index contributed by atoms with van der Waals surface area (Å²) in [6.45, 7) is 1.43. The Bertz CT molecular complexity index is 992. The number of ether oxygens (including phenoxy) is 1. The summed E-state index contributed by atoms with van der Waals surface area (Å²) in [5.41, 5.74) is -0.410. The van der Waals surface area contributed by atoms with Crippen molar-refractivity contribution in [2.24, 2.45) is 0 Å². The third-order valence-electron chi connectivity index (χ3n) is 5.37. The molecule has 0 bridgehead atoms. The standard InChI is InChI=1S/C18H19BrClFN4O3S/c1-29-16-22-13-9-14(11(20)10(19)12(13)21)28-7-3-6-25(15(9)23-16)8-18(4-2-5-18)24-17(26)27/h24H,2-8H2,1H3,(H,26,27). The van der Waals surface area contributed by atoms with Crippen molar-refractivity contribution in [3.8, 4) is 5.75 Å². The van der Waals surface area contributed by atoms with Gasteiger partial charge in [0.05, 0.1) is 22.0 Å². The second-order valence-electron chi connectivity index (χ2n) is 7.22. The first-order valence-electron chi connectivity index (χ1n) is 9.16. The second-order valence-corrected chi connectivity index (χ2v) is 9.16. The molecule has 7 nitrogen and oxygen atoms in total. The maximum absolute atomic E-state index is 15.0. The van der Waals surface area contributed by atoms with Gasteiger partial charge in [-0.15, -0.1) is 0 Å². The fourth-order valence-electron chi connectivity index (χ4n) is 3.87. The Balaban J connectivity index is 1.91. The van der Waals surface area contributed by atoms with Crippen LogP contribution >= 0.6 is 39.3 Å². The number of nitrogens with zero attached hydrogens (tertiary/aromatic N) is 3. The first-order valence-corrected chi connectivity index (χ1v) is 11.6. The van der Waals surface area contributed by atoms with Crippen molar-refractivity contribution in [3.63, 3.8) is 0 Å². The Morgan fingerprint density at radius 3 is 2.83 bits per heavy atom. The predicted octanol–water partition coefficient (Wildman–Crippen LogP) is 4.69. The molecule has 29 heavy (non-hydrogen) atoms. The zero-order valence-corrected chi connectivity index (χ0v) is 18.8. The molecule has 11 heteroatoms. The number of rotatable bonds is 4. The molecule has 2 aliphatic rings. The van der Waals surface area contributed by atoms with Crippen LogP contribution in [-0.2, 0) is 0 Å². The molecule has 1 aromatic heterocycles. The van der Waals surface area contributed by atoms with Crippen molar-refractivity contribution in [1.82, 2.24) is 15.3 Å². The van der Waals surface area contributed by atoms with E-state index in [1.165, 1.54) is 11.8 Å². The van der Waals surface area contributed by atoms with E-state index in [1.807, 2.05) is 11.2 Å². The molecule has 0 unspecified atom stereocenters. The predicted molar refractivity (Wildman–Crippen MR) is 114 cm³/mol. The molecule has 0 saturated heterocycles. The van der Waals surface area contributed by atoms with E-state index in [0.717, 1.165) is 19.3 Å². The Morgan fingerprint density at radius 1 is 1.45 bits per heavy atom. The molecule has 2 heterocycles. The fraction of sp³-hybridized carbons (Fsp3) is 0.500. The van der Waals surface area contributed by atoms with Crippen LogP contribution in [0.2, 0.25) is 5.02 Å². The Labute approximate surface area is 184 Å². The van der Waals surface area contributed by atoms with Gasteiger partial charge in [-0.2, -0.15) is 0 Å². The van der Waals surface area contributed by atoms with Gasteiger partial charge in [-0.05, 0) is 47.9 Å². The molecule has 0 atom stereocenters. The van der Waals surface area contributed by atoms with Crippen LogP contribution in [0.15, 0.2) is 9.63 Å². The van der Waals surface area contributed by atoms with Crippen molar-refractivity contribution in [2.45, 2.75) is 36.4 Å². The van der Waals surface area contributed by atoms with Crippen LogP contribution in [0.1, 0.15) is 25.7 Å². The second kappa shape index (κ2) is 7.96. The molecule has 1 amide bonds. The summed E-state index contributed by atoms with van der Waals surface area (Å²) in [5.74, 6) is 0.288. The number of halogens is 3. The van der Waals surface area contributed by atoms with Gasteiger partial charge in [0.25, 0.3) is 0 Å². The van der Waals surface area contributed by atoms with Crippen molar-refractivity contribution in [1.29, 1.82) is 0 Å². The lowest BCUT2D eigenvalue weighted by Gasteiger charge is -2.45. The van der Waals surface area contributed by atoms with Gasteiger partial charge < -0.3 is 20.1 Å². The average molecular weight is 506 g/mol. The van der Waals surface area contributed by atoms with Crippen LogP contribution < -0.4 is 15.0 Å². The molecule has 0 spiro atoms. The van der Waals surface area contributed by atoms with E-state index in [2.05, 4.69) is 31.2 Å². The van der Waals surface area contributed by atoms with Crippen LogP contribution in [0.3, 0.4) is 0 Å². The summed E-state index contributed by atoms with van der Waals surface area (Å²) in [6.07, 6.45) is 3.91. The van der Waals surface area contributed by atoms with Crippen LogP contribution in [0.25, 0.3) is 10.9 Å². The smallest absolute Gasteiger partial charge is 0.405 e. The summed E-state index contributed by atoms with van der Waals surface area (Å²) in [6, 6.07) is 0.